The largest absolute Gasteiger partial charge is 0.321 e. The number of nitrogens with two attached hydrogens (primary N) is 1. The highest BCUT2D eigenvalue weighted by atomic mass is 14.7. The third-order valence-electron chi connectivity index (χ3n) is 1.56. The van der Waals surface area contributed by atoms with E-state index in [0.717, 1.165) is 11.1 Å². The van der Waals surface area contributed by atoms with Crippen molar-refractivity contribution >= 4 is 0 Å². The Bertz CT molecular complexity index is 323. The molecule has 1 aromatic heterocycles. The number of rotatable bonds is 2. The standard InChI is InChI=1S/C10H10N2/c1-3-8-5-9(7-12-6-8)10(11)4-2/h1,4-7,10H,2,11H2. The molecule has 1 heterocycles. The molecule has 0 spiro atoms. The summed E-state index contributed by atoms with van der Waals surface area (Å²) in [6, 6.07) is 1.64. The summed E-state index contributed by atoms with van der Waals surface area (Å²) in [7, 11) is 0. The van der Waals surface area contributed by atoms with Gasteiger partial charge in [-0.25, -0.2) is 0 Å². The number of aromatic nitrogens is 1. The number of pyridine rings is 1. The predicted octanol–water partition coefficient (Wildman–Crippen LogP) is 1.25. The van der Waals surface area contributed by atoms with E-state index in [9.17, 15) is 0 Å². The molecule has 0 saturated heterocycles. The molecule has 1 aromatic rings. The lowest BCUT2D eigenvalue weighted by molar-refractivity contribution is 0.903. The topological polar surface area (TPSA) is 38.9 Å². The van der Waals surface area contributed by atoms with E-state index in [2.05, 4.69) is 17.5 Å². The number of terminal acetylenes is 1. The highest BCUT2D eigenvalue weighted by molar-refractivity contribution is 5.34. The quantitative estimate of drug-likeness (QED) is 0.519. The molecule has 0 aromatic carbocycles. The zero-order valence-corrected chi connectivity index (χ0v) is 6.70. The molecule has 1 atom stereocenters. The molecule has 0 fully saturated rings. The lowest BCUT2D eigenvalue weighted by atomic mass is 10.1. The van der Waals surface area contributed by atoms with Crippen LogP contribution in [0.15, 0.2) is 31.1 Å². The molecule has 0 aliphatic rings. The average molecular weight is 158 g/mol. The van der Waals surface area contributed by atoms with Gasteiger partial charge in [-0.2, -0.15) is 0 Å². The van der Waals surface area contributed by atoms with Crippen LogP contribution in [0.5, 0.6) is 0 Å². The van der Waals surface area contributed by atoms with Gasteiger partial charge >= 0.3 is 0 Å². The van der Waals surface area contributed by atoms with Gasteiger partial charge in [0.05, 0.1) is 0 Å². The van der Waals surface area contributed by atoms with Crippen molar-refractivity contribution in [1.29, 1.82) is 0 Å². The van der Waals surface area contributed by atoms with Crippen molar-refractivity contribution in [2.75, 3.05) is 0 Å². The fourth-order valence-corrected chi connectivity index (χ4v) is 0.855. The van der Waals surface area contributed by atoms with Crippen LogP contribution in [0, 0.1) is 12.3 Å². The molecular formula is C10H10N2. The Morgan fingerprint density at radius 3 is 3.00 bits per heavy atom. The highest BCUT2D eigenvalue weighted by Gasteiger charge is 2.00. The van der Waals surface area contributed by atoms with Crippen molar-refractivity contribution in [3.8, 4) is 12.3 Å². The third kappa shape index (κ3) is 1.71. The molecule has 0 saturated carbocycles. The Balaban J connectivity index is 3.03. The third-order valence-corrected chi connectivity index (χ3v) is 1.56. The van der Waals surface area contributed by atoms with Gasteiger partial charge in [0.15, 0.2) is 0 Å². The molecule has 1 unspecified atom stereocenters. The molecule has 0 aliphatic heterocycles. The lowest BCUT2D eigenvalue weighted by Gasteiger charge is -2.04. The van der Waals surface area contributed by atoms with E-state index in [0.29, 0.717) is 0 Å². The molecular weight excluding hydrogens is 148 g/mol. The Hall–Kier alpha value is -1.59. The summed E-state index contributed by atoms with van der Waals surface area (Å²) in [6.45, 7) is 3.59. The van der Waals surface area contributed by atoms with Gasteiger partial charge in [0.1, 0.15) is 0 Å². The minimum atomic E-state index is -0.189. The summed E-state index contributed by atoms with van der Waals surface area (Å²) < 4.78 is 0. The second kappa shape index (κ2) is 3.70. The summed E-state index contributed by atoms with van der Waals surface area (Å²) in [4.78, 5) is 3.95. The number of hydrogen-bond acceptors (Lipinski definition) is 2. The van der Waals surface area contributed by atoms with Gasteiger partial charge in [-0.15, -0.1) is 13.0 Å². The Labute approximate surface area is 72.1 Å². The minimum absolute atomic E-state index is 0.189. The summed E-state index contributed by atoms with van der Waals surface area (Å²) in [6.07, 6.45) is 10.2. The monoisotopic (exact) mass is 158 g/mol. The summed E-state index contributed by atoms with van der Waals surface area (Å²) in [5, 5.41) is 0. The average Bonchev–Trinajstić information content (AvgIpc) is 2.17. The minimum Gasteiger partial charge on any atom is -0.321 e. The maximum absolute atomic E-state index is 5.69. The second-order valence-electron chi connectivity index (χ2n) is 2.41. The predicted molar refractivity (Wildman–Crippen MR) is 49.3 cm³/mol. The van der Waals surface area contributed by atoms with Crippen LogP contribution in [-0.4, -0.2) is 4.98 Å². The smallest absolute Gasteiger partial charge is 0.0494 e. The van der Waals surface area contributed by atoms with E-state index in [4.69, 9.17) is 12.2 Å². The van der Waals surface area contributed by atoms with E-state index in [1.54, 1.807) is 18.5 Å². The lowest BCUT2D eigenvalue weighted by Crippen LogP contribution is -2.06. The van der Waals surface area contributed by atoms with E-state index in [1.807, 2.05) is 6.07 Å². The van der Waals surface area contributed by atoms with Gasteiger partial charge in [-0.3, -0.25) is 4.98 Å². The van der Waals surface area contributed by atoms with Crippen LogP contribution >= 0.6 is 0 Å². The molecule has 2 nitrogen and oxygen atoms in total. The zero-order valence-electron chi connectivity index (χ0n) is 6.70. The first-order valence-corrected chi connectivity index (χ1v) is 3.57. The summed E-state index contributed by atoms with van der Waals surface area (Å²) in [5.41, 5.74) is 7.32. The van der Waals surface area contributed by atoms with Crippen LogP contribution in [0.3, 0.4) is 0 Å². The Morgan fingerprint density at radius 1 is 1.67 bits per heavy atom. The van der Waals surface area contributed by atoms with Crippen LogP contribution in [0.2, 0.25) is 0 Å². The molecule has 60 valence electrons. The maximum Gasteiger partial charge on any atom is 0.0494 e. The van der Waals surface area contributed by atoms with Crippen LogP contribution in [0.4, 0.5) is 0 Å². The first-order chi connectivity index (χ1) is 5.77. The van der Waals surface area contributed by atoms with Crippen LogP contribution in [-0.2, 0) is 0 Å². The maximum atomic E-state index is 5.69. The van der Waals surface area contributed by atoms with Gasteiger partial charge in [0.2, 0.25) is 0 Å². The number of hydrogen-bond donors (Lipinski definition) is 1. The van der Waals surface area contributed by atoms with Gasteiger partial charge in [-0.05, 0) is 11.6 Å². The van der Waals surface area contributed by atoms with Crippen molar-refractivity contribution in [2.45, 2.75) is 6.04 Å². The highest BCUT2D eigenvalue weighted by Crippen LogP contribution is 2.10. The van der Waals surface area contributed by atoms with E-state index < -0.39 is 0 Å². The first kappa shape index (κ1) is 8.51. The summed E-state index contributed by atoms with van der Waals surface area (Å²) >= 11 is 0. The van der Waals surface area contributed by atoms with Gasteiger partial charge in [-0.1, -0.05) is 12.0 Å². The van der Waals surface area contributed by atoms with Gasteiger partial charge in [0, 0.05) is 24.0 Å². The molecule has 0 amide bonds. The summed E-state index contributed by atoms with van der Waals surface area (Å²) in [5.74, 6) is 2.49. The van der Waals surface area contributed by atoms with E-state index in [1.165, 1.54) is 0 Å². The molecule has 2 N–H and O–H groups in total. The molecule has 0 bridgehead atoms. The van der Waals surface area contributed by atoms with Crippen LogP contribution in [0.25, 0.3) is 0 Å². The number of nitrogens with zero attached hydrogens (tertiary/aromatic N) is 1. The van der Waals surface area contributed by atoms with Crippen molar-refractivity contribution < 1.29 is 0 Å². The first-order valence-electron chi connectivity index (χ1n) is 3.57. The molecule has 12 heavy (non-hydrogen) atoms. The van der Waals surface area contributed by atoms with Crippen LogP contribution in [0.1, 0.15) is 17.2 Å². The molecule has 0 aliphatic carbocycles. The normalized spacial score (nSPS) is 11.7. The Morgan fingerprint density at radius 2 is 2.42 bits per heavy atom. The van der Waals surface area contributed by atoms with Crippen molar-refractivity contribution in [3.05, 3.63) is 42.2 Å². The fourth-order valence-electron chi connectivity index (χ4n) is 0.855. The fraction of sp³-hybridized carbons (Fsp3) is 0.100. The molecule has 2 heteroatoms. The zero-order chi connectivity index (χ0) is 8.97. The van der Waals surface area contributed by atoms with Crippen molar-refractivity contribution in [1.82, 2.24) is 4.98 Å². The van der Waals surface area contributed by atoms with Crippen molar-refractivity contribution in [3.63, 3.8) is 0 Å². The molecule has 0 radical (unpaired) electrons. The Kier molecular flexibility index (Phi) is 2.62. The van der Waals surface area contributed by atoms with Gasteiger partial charge in [0.25, 0.3) is 0 Å². The SMILES string of the molecule is C#Cc1cncc(C(N)C=C)c1. The van der Waals surface area contributed by atoms with Gasteiger partial charge < -0.3 is 5.73 Å². The second-order valence-corrected chi connectivity index (χ2v) is 2.41. The molecule has 1 rings (SSSR count). The van der Waals surface area contributed by atoms with E-state index in [-0.39, 0.29) is 6.04 Å². The van der Waals surface area contributed by atoms with E-state index >= 15 is 0 Å². The van der Waals surface area contributed by atoms with Crippen molar-refractivity contribution in [2.24, 2.45) is 5.73 Å². The van der Waals surface area contributed by atoms with Crippen LogP contribution < -0.4 is 5.73 Å².